The summed E-state index contributed by atoms with van der Waals surface area (Å²) < 4.78 is 0. The summed E-state index contributed by atoms with van der Waals surface area (Å²) in [7, 11) is 3.94. The van der Waals surface area contributed by atoms with Crippen LogP contribution in [0, 0.1) is 5.41 Å². The third kappa shape index (κ3) is 5.77. The minimum absolute atomic E-state index is 0.0368. The molecule has 1 rings (SSSR count). The lowest BCUT2D eigenvalue weighted by Gasteiger charge is -2.23. The van der Waals surface area contributed by atoms with E-state index in [9.17, 15) is 14.4 Å². The number of amides is 2. The summed E-state index contributed by atoms with van der Waals surface area (Å²) in [5.41, 5.74) is -0.0541. The number of anilines is 1. The van der Waals surface area contributed by atoms with Crippen LogP contribution in [0.15, 0.2) is 24.3 Å². The van der Waals surface area contributed by atoms with Crippen LogP contribution in [0.1, 0.15) is 37.6 Å². The molecule has 0 fully saturated rings. The molecule has 24 heavy (non-hydrogen) atoms. The van der Waals surface area contributed by atoms with Gasteiger partial charge in [0.15, 0.2) is 5.78 Å². The average molecular weight is 333 g/mol. The quantitative estimate of drug-likeness (QED) is 0.433. The summed E-state index contributed by atoms with van der Waals surface area (Å²) in [6.07, 6.45) is 0.822. The lowest BCUT2D eigenvalue weighted by atomic mass is 9.91. The van der Waals surface area contributed by atoms with Gasteiger partial charge in [-0.1, -0.05) is 0 Å². The van der Waals surface area contributed by atoms with Crippen LogP contribution in [-0.2, 0) is 9.59 Å². The minimum Gasteiger partial charge on any atom is -0.355 e. The van der Waals surface area contributed by atoms with Crippen LogP contribution in [0.3, 0.4) is 0 Å². The molecule has 0 spiro atoms. The largest absolute Gasteiger partial charge is 0.355 e. The SMILES string of the molecule is CC(=O)c1ccc(NC(=O)C(C)(C)C(=O)NCCCN(C)C)cc1. The molecule has 0 aromatic heterocycles. The van der Waals surface area contributed by atoms with Gasteiger partial charge in [0.1, 0.15) is 5.41 Å². The van der Waals surface area contributed by atoms with Crippen molar-refractivity contribution >= 4 is 23.3 Å². The Morgan fingerprint density at radius 2 is 1.62 bits per heavy atom. The molecule has 6 heteroatoms. The molecule has 0 bridgehead atoms. The van der Waals surface area contributed by atoms with Crippen LogP contribution < -0.4 is 10.6 Å². The monoisotopic (exact) mass is 333 g/mol. The Kier molecular flexibility index (Phi) is 7.10. The Morgan fingerprint density at radius 1 is 1.04 bits per heavy atom. The van der Waals surface area contributed by atoms with Crippen LogP contribution in [0.5, 0.6) is 0 Å². The predicted octanol–water partition coefficient (Wildman–Crippen LogP) is 1.92. The highest BCUT2D eigenvalue weighted by Crippen LogP contribution is 2.19. The molecule has 0 unspecified atom stereocenters. The van der Waals surface area contributed by atoms with Gasteiger partial charge in [-0.25, -0.2) is 0 Å². The molecular weight excluding hydrogens is 306 g/mol. The Balaban J connectivity index is 2.60. The van der Waals surface area contributed by atoms with E-state index in [0.29, 0.717) is 17.8 Å². The number of nitrogens with one attached hydrogen (secondary N) is 2. The first-order valence-corrected chi connectivity index (χ1v) is 8.00. The fourth-order valence-electron chi connectivity index (χ4n) is 2.00. The molecule has 0 aliphatic heterocycles. The van der Waals surface area contributed by atoms with Crippen LogP contribution >= 0.6 is 0 Å². The van der Waals surface area contributed by atoms with Crippen LogP contribution in [0.2, 0.25) is 0 Å². The van der Waals surface area contributed by atoms with E-state index < -0.39 is 5.41 Å². The smallest absolute Gasteiger partial charge is 0.239 e. The number of rotatable bonds is 8. The molecular formula is C18H27N3O3. The number of Topliss-reactive ketones (excluding diaryl/α,β-unsaturated/α-hetero) is 1. The van der Waals surface area contributed by atoms with Gasteiger partial charge in [-0.15, -0.1) is 0 Å². The van der Waals surface area contributed by atoms with Crippen LogP contribution in [0.4, 0.5) is 5.69 Å². The summed E-state index contributed by atoms with van der Waals surface area (Å²) in [4.78, 5) is 37.9. The minimum atomic E-state index is -1.18. The van der Waals surface area contributed by atoms with Gasteiger partial charge in [0.25, 0.3) is 0 Å². The molecule has 2 amide bonds. The Morgan fingerprint density at radius 3 is 2.12 bits per heavy atom. The van der Waals surface area contributed by atoms with Gasteiger partial charge in [0.2, 0.25) is 11.8 Å². The average Bonchev–Trinajstić information content (AvgIpc) is 2.51. The number of carbonyl (C=O) groups is 3. The molecule has 1 aromatic rings. The number of carbonyl (C=O) groups excluding carboxylic acids is 3. The van der Waals surface area contributed by atoms with E-state index in [1.807, 2.05) is 19.0 Å². The number of hydrogen-bond acceptors (Lipinski definition) is 4. The van der Waals surface area contributed by atoms with Gasteiger partial charge in [0, 0.05) is 17.8 Å². The maximum atomic E-state index is 12.4. The van der Waals surface area contributed by atoms with Crippen molar-refractivity contribution in [3.8, 4) is 0 Å². The first-order chi connectivity index (χ1) is 11.1. The van der Waals surface area contributed by atoms with E-state index in [-0.39, 0.29) is 17.6 Å². The predicted molar refractivity (Wildman–Crippen MR) is 95.0 cm³/mol. The van der Waals surface area contributed by atoms with E-state index in [1.54, 1.807) is 38.1 Å². The van der Waals surface area contributed by atoms with Crippen molar-refractivity contribution in [2.45, 2.75) is 27.2 Å². The van der Waals surface area contributed by atoms with E-state index in [1.165, 1.54) is 6.92 Å². The van der Waals surface area contributed by atoms with E-state index in [2.05, 4.69) is 10.6 Å². The first-order valence-electron chi connectivity index (χ1n) is 8.00. The molecule has 0 saturated carbocycles. The number of ketones is 1. The summed E-state index contributed by atoms with van der Waals surface area (Å²) >= 11 is 0. The zero-order chi connectivity index (χ0) is 18.3. The van der Waals surface area contributed by atoms with Gasteiger partial charge in [-0.2, -0.15) is 0 Å². The topological polar surface area (TPSA) is 78.5 Å². The second kappa shape index (κ2) is 8.59. The van der Waals surface area contributed by atoms with Crippen molar-refractivity contribution in [3.63, 3.8) is 0 Å². The molecule has 0 aliphatic rings. The van der Waals surface area contributed by atoms with Crippen LogP contribution in [-0.4, -0.2) is 49.7 Å². The normalized spacial score (nSPS) is 11.2. The maximum Gasteiger partial charge on any atom is 0.239 e. The summed E-state index contributed by atoms with van der Waals surface area (Å²) in [6.45, 7) is 6.06. The lowest BCUT2D eigenvalue weighted by Crippen LogP contribution is -2.45. The van der Waals surface area contributed by atoms with Gasteiger partial charge < -0.3 is 15.5 Å². The van der Waals surface area contributed by atoms with E-state index in [0.717, 1.165) is 13.0 Å². The summed E-state index contributed by atoms with van der Waals surface area (Å²) in [5, 5.41) is 5.52. The number of nitrogens with zero attached hydrogens (tertiary/aromatic N) is 1. The van der Waals surface area contributed by atoms with Gasteiger partial charge in [-0.3, -0.25) is 14.4 Å². The molecule has 0 radical (unpaired) electrons. The van der Waals surface area contributed by atoms with Crippen molar-refractivity contribution in [2.24, 2.45) is 5.41 Å². The van der Waals surface area contributed by atoms with Crippen molar-refractivity contribution < 1.29 is 14.4 Å². The Labute approximate surface area is 143 Å². The summed E-state index contributed by atoms with van der Waals surface area (Å²) in [5.74, 6) is -0.729. The van der Waals surface area contributed by atoms with Crippen molar-refractivity contribution in [1.29, 1.82) is 0 Å². The van der Waals surface area contributed by atoms with Crippen LogP contribution in [0.25, 0.3) is 0 Å². The molecule has 2 N–H and O–H groups in total. The number of benzene rings is 1. The first kappa shape index (κ1) is 19.8. The zero-order valence-corrected chi connectivity index (χ0v) is 15.1. The maximum absolute atomic E-state index is 12.4. The third-order valence-electron chi connectivity index (χ3n) is 3.75. The zero-order valence-electron chi connectivity index (χ0n) is 15.1. The molecule has 0 aliphatic carbocycles. The molecule has 1 aromatic carbocycles. The Hall–Kier alpha value is -2.21. The second-order valence-corrected chi connectivity index (χ2v) is 6.63. The highest BCUT2D eigenvalue weighted by atomic mass is 16.2. The Bertz CT molecular complexity index is 592. The highest BCUT2D eigenvalue weighted by Gasteiger charge is 2.35. The van der Waals surface area contributed by atoms with E-state index >= 15 is 0 Å². The molecule has 0 atom stereocenters. The second-order valence-electron chi connectivity index (χ2n) is 6.63. The molecule has 0 heterocycles. The van der Waals surface area contributed by atoms with Crippen molar-refractivity contribution in [1.82, 2.24) is 10.2 Å². The van der Waals surface area contributed by atoms with Crippen molar-refractivity contribution in [3.05, 3.63) is 29.8 Å². The fourth-order valence-corrected chi connectivity index (χ4v) is 2.00. The molecule has 6 nitrogen and oxygen atoms in total. The van der Waals surface area contributed by atoms with Gasteiger partial charge >= 0.3 is 0 Å². The third-order valence-corrected chi connectivity index (χ3v) is 3.75. The van der Waals surface area contributed by atoms with Gasteiger partial charge in [0.05, 0.1) is 0 Å². The number of hydrogen-bond donors (Lipinski definition) is 2. The standard InChI is InChI=1S/C18H27N3O3/c1-13(22)14-7-9-15(10-8-14)20-17(24)18(2,3)16(23)19-11-6-12-21(4)5/h7-10H,6,11-12H2,1-5H3,(H,19,23)(H,20,24). The fraction of sp³-hybridized carbons (Fsp3) is 0.500. The molecule has 0 saturated heterocycles. The summed E-state index contributed by atoms with van der Waals surface area (Å²) in [6, 6.07) is 6.60. The van der Waals surface area contributed by atoms with E-state index in [4.69, 9.17) is 0 Å². The lowest BCUT2D eigenvalue weighted by molar-refractivity contribution is -0.138. The highest BCUT2D eigenvalue weighted by molar-refractivity contribution is 6.10. The molecule has 132 valence electrons. The van der Waals surface area contributed by atoms with Gasteiger partial charge in [-0.05, 0) is 72.1 Å². The van der Waals surface area contributed by atoms with Crippen molar-refractivity contribution in [2.75, 3.05) is 32.5 Å².